The second-order valence-corrected chi connectivity index (χ2v) is 2.03. The van der Waals surface area contributed by atoms with Gasteiger partial charge < -0.3 is 16.0 Å². The van der Waals surface area contributed by atoms with Crippen LogP contribution in [0.3, 0.4) is 0 Å². The largest absolute Gasteiger partial charge is 0.338 e. The zero-order valence-corrected chi connectivity index (χ0v) is 5.40. The molecule has 4 heteroatoms. The quantitative estimate of drug-likeness (QED) is 0.435. The number of carbonyl (C=O) groups excluding carboxylic acids is 1. The summed E-state index contributed by atoms with van der Waals surface area (Å²) >= 11 is 0. The van der Waals surface area contributed by atoms with Crippen molar-refractivity contribution in [2.75, 3.05) is 13.6 Å². The third kappa shape index (κ3) is 1.57. The molecule has 1 heterocycles. The molecule has 0 aromatic carbocycles. The second kappa shape index (κ2) is 2.68. The van der Waals surface area contributed by atoms with E-state index in [1.54, 1.807) is 0 Å². The highest BCUT2D eigenvalue weighted by Crippen LogP contribution is 1.89. The van der Waals surface area contributed by atoms with Gasteiger partial charge in [0.15, 0.2) is 0 Å². The molecular formula is C5H11N3O. The van der Waals surface area contributed by atoms with Crippen molar-refractivity contribution in [1.29, 1.82) is 0 Å². The zero-order valence-electron chi connectivity index (χ0n) is 5.40. The van der Waals surface area contributed by atoms with Crippen LogP contribution in [-0.2, 0) is 0 Å². The fourth-order valence-electron chi connectivity index (χ4n) is 0.828. The number of nitrogens with one attached hydrogen (secondary N) is 3. The molecule has 0 aliphatic carbocycles. The fourth-order valence-corrected chi connectivity index (χ4v) is 0.828. The van der Waals surface area contributed by atoms with E-state index in [0.717, 1.165) is 13.0 Å². The average Bonchev–Trinajstić information content (AvgIpc) is 1.88. The third-order valence-corrected chi connectivity index (χ3v) is 1.37. The molecule has 1 unspecified atom stereocenters. The summed E-state index contributed by atoms with van der Waals surface area (Å²) in [7, 11) is 1.83. The van der Waals surface area contributed by atoms with Gasteiger partial charge in [0.2, 0.25) is 0 Å². The summed E-state index contributed by atoms with van der Waals surface area (Å²) in [6.45, 7) is 0.761. The number of urea groups is 1. The highest BCUT2D eigenvalue weighted by atomic mass is 16.2. The molecule has 1 aliphatic heterocycles. The standard InChI is InChI=1S/C5H11N3O/c1-6-4-2-3-7-5(9)8-4/h4,6H,2-3H2,1H3,(H2,7,8,9). The van der Waals surface area contributed by atoms with E-state index in [1.165, 1.54) is 0 Å². The van der Waals surface area contributed by atoms with Gasteiger partial charge in [0.1, 0.15) is 0 Å². The van der Waals surface area contributed by atoms with Crippen LogP contribution in [-0.4, -0.2) is 25.8 Å². The fraction of sp³-hybridized carbons (Fsp3) is 0.800. The first-order valence-corrected chi connectivity index (χ1v) is 3.04. The van der Waals surface area contributed by atoms with Gasteiger partial charge in [-0.05, 0) is 13.5 Å². The van der Waals surface area contributed by atoms with Crippen LogP contribution in [0.4, 0.5) is 4.79 Å². The number of hydrogen-bond donors (Lipinski definition) is 3. The van der Waals surface area contributed by atoms with E-state index in [2.05, 4.69) is 16.0 Å². The van der Waals surface area contributed by atoms with E-state index >= 15 is 0 Å². The molecule has 52 valence electrons. The van der Waals surface area contributed by atoms with E-state index in [1.807, 2.05) is 7.05 Å². The van der Waals surface area contributed by atoms with Crippen molar-refractivity contribution in [2.24, 2.45) is 0 Å². The van der Waals surface area contributed by atoms with Gasteiger partial charge in [0.05, 0.1) is 6.17 Å². The third-order valence-electron chi connectivity index (χ3n) is 1.37. The summed E-state index contributed by atoms with van der Waals surface area (Å²) in [4.78, 5) is 10.6. The molecule has 0 spiro atoms. The van der Waals surface area contributed by atoms with E-state index in [9.17, 15) is 4.79 Å². The maximum atomic E-state index is 10.6. The molecular weight excluding hydrogens is 118 g/mol. The molecule has 0 bridgehead atoms. The molecule has 2 amide bonds. The van der Waals surface area contributed by atoms with Crippen molar-refractivity contribution in [3.05, 3.63) is 0 Å². The van der Waals surface area contributed by atoms with E-state index in [4.69, 9.17) is 0 Å². The van der Waals surface area contributed by atoms with Crippen LogP contribution in [0.1, 0.15) is 6.42 Å². The Hall–Kier alpha value is -0.770. The van der Waals surface area contributed by atoms with Crippen molar-refractivity contribution >= 4 is 6.03 Å². The summed E-state index contributed by atoms with van der Waals surface area (Å²) in [5.41, 5.74) is 0. The molecule has 0 aromatic heterocycles. The van der Waals surface area contributed by atoms with Crippen molar-refractivity contribution in [2.45, 2.75) is 12.6 Å². The van der Waals surface area contributed by atoms with Gasteiger partial charge in [0.25, 0.3) is 0 Å². The molecule has 1 rings (SSSR count). The highest BCUT2D eigenvalue weighted by molar-refractivity contribution is 5.74. The predicted octanol–water partition coefficient (Wildman–Crippen LogP) is -0.765. The first-order valence-electron chi connectivity index (χ1n) is 3.04. The lowest BCUT2D eigenvalue weighted by molar-refractivity contribution is 0.225. The summed E-state index contributed by atoms with van der Waals surface area (Å²) < 4.78 is 0. The van der Waals surface area contributed by atoms with Gasteiger partial charge in [-0.2, -0.15) is 0 Å². The zero-order chi connectivity index (χ0) is 6.69. The Morgan fingerprint density at radius 2 is 2.56 bits per heavy atom. The summed E-state index contributed by atoms with van der Waals surface area (Å²) in [5.74, 6) is 0. The maximum Gasteiger partial charge on any atom is 0.316 e. The van der Waals surface area contributed by atoms with Crippen LogP contribution < -0.4 is 16.0 Å². The first-order chi connectivity index (χ1) is 4.33. The van der Waals surface area contributed by atoms with Gasteiger partial charge in [-0.3, -0.25) is 0 Å². The minimum absolute atomic E-state index is 0.0828. The molecule has 1 aliphatic rings. The predicted molar refractivity (Wildman–Crippen MR) is 34.0 cm³/mol. The molecule has 0 radical (unpaired) electrons. The Bertz CT molecular complexity index is 115. The van der Waals surface area contributed by atoms with Crippen molar-refractivity contribution in [3.63, 3.8) is 0 Å². The van der Waals surface area contributed by atoms with Gasteiger partial charge in [0, 0.05) is 6.54 Å². The normalized spacial score (nSPS) is 26.8. The Morgan fingerprint density at radius 3 is 3.00 bits per heavy atom. The van der Waals surface area contributed by atoms with Gasteiger partial charge in [-0.15, -0.1) is 0 Å². The first kappa shape index (κ1) is 6.35. The topological polar surface area (TPSA) is 53.2 Å². The molecule has 9 heavy (non-hydrogen) atoms. The van der Waals surface area contributed by atoms with E-state index in [0.29, 0.717) is 0 Å². The lowest BCUT2D eigenvalue weighted by atomic mass is 10.3. The summed E-state index contributed by atoms with van der Waals surface area (Å²) in [6.07, 6.45) is 1.10. The lowest BCUT2D eigenvalue weighted by Crippen LogP contribution is -2.54. The minimum atomic E-state index is -0.0828. The second-order valence-electron chi connectivity index (χ2n) is 2.03. The smallest absolute Gasteiger partial charge is 0.316 e. The van der Waals surface area contributed by atoms with E-state index in [-0.39, 0.29) is 12.2 Å². The lowest BCUT2D eigenvalue weighted by Gasteiger charge is -2.23. The molecule has 0 aromatic rings. The van der Waals surface area contributed by atoms with Crippen LogP contribution in [0, 0.1) is 0 Å². The van der Waals surface area contributed by atoms with Crippen molar-refractivity contribution < 1.29 is 4.79 Å². The van der Waals surface area contributed by atoms with Crippen molar-refractivity contribution in [3.8, 4) is 0 Å². The number of hydrogen-bond acceptors (Lipinski definition) is 2. The van der Waals surface area contributed by atoms with Crippen LogP contribution in [0.5, 0.6) is 0 Å². The van der Waals surface area contributed by atoms with E-state index < -0.39 is 0 Å². The Balaban J connectivity index is 2.32. The molecule has 3 N–H and O–H groups in total. The Morgan fingerprint density at radius 1 is 1.78 bits per heavy atom. The Kier molecular flexibility index (Phi) is 1.89. The van der Waals surface area contributed by atoms with Crippen LogP contribution in [0.25, 0.3) is 0 Å². The van der Waals surface area contributed by atoms with Crippen LogP contribution in [0.15, 0.2) is 0 Å². The van der Waals surface area contributed by atoms with Gasteiger partial charge >= 0.3 is 6.03 Å². The monoisotopic (exact) mass is 129 g/mol. The van der Waals surface area contributed by atoms with Crippen LogP contribution in [0.2, 0.25) is 0 Å². The molecule has 1 fully saturated rings. The average molecular weight is 129 g/mol. The molecule has 4 nitrogen and oxygen atoms in total. The maximum absolute atomic E-state index is 10.6. The minimum Gasteiger partial charge on any atom is -0.338 e. The van der Waals surface area contributed by atoms with Crippen LogP contribution >= 0.6 is 0 Å². The molecule has 1 atom stereocenters. The SMILES string of the molecule is CNC1CCNC(=O)N1. The van der Waals surface area contributed by atoms with Gasteiger partial charge in [-0.25, -0.2) is 4.79 Å². The number of rotatable bonds is 1. The summed E-state index contributed by atoms with van der Waals surface area (Å²) in [5, 5.41) is 8.32. The highest BCUT2D eigenvalue weighted by Gasteiger charge is 2.13. The van der Waals surface area contributed by atoms with Gasteiger partial charge in [-0.1, -0.05) is 0 Å². The number of carbonyl (C=O) groups is 1. The summed E-state index contributed by atoms with van der Waals surface area (Å²) in [6, 6.07) is -0.0828. The molecule has 0 saturated carbocycles. The number of amides is 2. The molecule has 1 saturated heterocycles. The Labute approximate surface area is 54.0 Å². The van der Waals surface area contributed by atoms with Crippen molar-refractivity contribution in [1.82, 2.24) is 16.0 Å².